The van der Waals surface area contributed by atoms with Gasteiger partial charge in [0.1, 0.15) is 12.2 Å². The van der Waals surface area contributed by atoms with Crippen molar-refractivity contribution in [1.29, 1.82) is 0 Å². The first kappa shape index (κ1) is 55.2. The van der Waals surface area contributed by atoms with E-state index in [0.717, 1.165) is 44.9 Å². The van der Waals surface area contributed by atoms with Crippen molar-refractivity contribution in [1.82, 2.24) is 0 Å². The van der Waals surface area contributed by atoms with Crippen LogP contribution >= 0.6 is 7.82 Å². The summed E-state index contributed by atoms with van der Waals surface area (Å²) in [4.78, 5) is 22.5. The maximum Gasteiger partial charge on any atom is 0.472 e. The van der Waals surface area contributed by atoms with Gasteiger partial charge in [-0.25, -0.2) is 4.57 Å². The number of aliphatic hydroxyl groups excluding tert-OH is 2. The molecule has 57 heavy (non-hydrogen) atoms. The Morgan fingerprint density at radius 1 is 0.544 bits per heavy atom. The highest BCUT2D eigenvalue weighted by Gasteiger charge is 2.26. The van der Waals surface area contributed by atoms with Gasteiger partial charge in [-0.05, 0) is 38.5 Å². The summed E-state index contributed by atoms with van der Waals surface area (Å²) < 4.78 is 33.3. The van der Waals surface area contributed by atoms with E-state index < -0.39 is 45.8 Å². The van der Waals surface area contributed by atoms with Crippen molar-refractivity contribution < 1.29 is 43.0 Å². The van der Waals surface area contributed by atoms with Gasteiger partial charge in [-0.15, -0.1) is 0 Å². The average molecular weight is 825 g/mol. The molecule has 0 amide bonds. The van der Waals surface area contributed by atoms with Crippen molar-refractivity contribution in [2.45, 2.75) is 199 Å². The number of allylic oxidation sites excluding steroid dienone is 9. The third kappa shape index (κ3) is 43.6. The van der Waals surface area contributed by atoms with Gasteiger partial charge in [-0.1, -0.05) is 203 Å². The van der Waals surface area contributed by atoms with E-state index in [2.05, 4.69) is 56.4 Å². The molecule has 0 heterocycles. The topological polar surface area (TPSA) is 132 Å². The molecule has 0 aromatic carbocycles. The van der Waals surface area contributed by atoms with E-state index in [0.29, 0.717) is 13.0 Å². The fourth-order valence-electron chi connectivity index (χ4n) is 6.08. The Balaban J connectivity index is 4.19. The van der Waals surface area contributed by atoms with Crippen molar-refractivity contribution in [3.05, 3.63) is 60.8 Å². The number of carbonyl (C=O) groups excluding carboxylic acids is 1. The monoisotopic (exact) mass is 825 g/mol. The zero-order chi connectivity index (χ0) is 41.8. The maximum absolute atomic E-state index is 12.6. The molecule has 0 rings (SSSR count). The molecule has 0 bridgehead atoms. The van der Waals surface area contributed by atoms with Crippen LogP contribution in [0.1, 0.15) is 187 Å². The van der Waals surface area contributed by atoms with Crippen LogP contribution in [0.5, 0.6) is 0 Å². The minimum absolute atomic E-state index is 0.00979. The number of hydrogen-bond acceptors (Lipinski definition) is 8. The lowest BCUT2D eigenvalue weighted by molar-refractivity contribution is -0.153. The van der Waals surface area contributed by atoms with E-state index in [9.17, 15) is 19.4 Å². The number of rotatable bonds is 43. The second-order valence-electron chi connectivity index (χ2n) is 15.1. The molecule has 0 aliphatic heterocycles. The summed E-state index contributed by atoms with van der Waals surface area (Å²) in [6, 6.07) is 0. The molecule has 0 saturated heterocycles. The third-order valence-electron chi connectivity index (χ3n) is 9.50. The lowest BCUT2D eigenvalue weighted by atomic mass is 10.0. The zero-order valence-electron chi connectivity index (χ0n) is 36.3. The molecule has 9 nitrogen and oxygen atoms in total. The van der Waals surface area contributed by atoms with Crippen LogP contribution in [0.15, 0.2) is 60.8 Å². The van der Waals surface area contributed by atoms with Crippen LogP contribution < -0.4 is 0 Å². The molecular weight excluding hydrogens is 739 g/mol. The first-order chi connectivity index (χ1) is 27.8. The fourth-order valence-corrected chi connectivity index (χ4v) is 6.87. The lowest BCUT2D eigenvalue weighted by Gasteiger charge is -2.20. The quantitative estimate of drug-likeness (QED) is 0.0238. The summed E-state index contributed by atoms with van der Waals surface area (Å²) >= 11 is 0. The van der Waals surface area contributed by atoms with E-state index in [1.54, 1.807) is 6.08 Å². The molecule has 0 aliphatic rings. The number of aliphatic hydroxyl groups is 2. The van der Waals surface area contributed by atoms with E-state index in [4.69, 9.17) is 23.6 Å². The van der Waals surface area contributed by atoms with E-state index in [1.165, 1.54) is 116 Å². The van der Waals surface area contributed by atoms with E-state index >= 15 is 0 Å². The third-order valence-corrected chi connectivity index (χ3v) is 10.5. The van der Waals surface area contributed by atoms with Crippen LogP contribution in [-0.2, 0) is 27.9 Å². The van der Waals surface area contributed by atoms with Crippen LogP contribution in [-0.4, -0.2) is 66.3 Å². The minimum Gasteiger partial charge on any atom is -0.457 e. The SMILES string of the molecule is CC/C=C\C/C=C\C/C=C\C/C=C\C/C=C\CC(=O)OC(COCCCCCCCCCCCCCCCCCCCCCCC)COP(=O)(O)OCC(O)CO. The van der Waals surface area contributed by atoms with Gasteiger partial charge < -0.3 is 24.6 Å². The summed E-state index contributed by atoms with van der Waals surface area (Å²) in [5, 5.41) is 18.3. The van der Waals surface area contributed by atoms with Crippen molar-refractivity contribution >= 4 is 13.8 Å². The Labute approximate surface area is 349 Å². The van der Waals surface area contributed by atoms with Gasteiger partial charge in [0.05, 0.1) is 32.8 Å². The molecule has 3 atom stereocenters. The number of phosphoric acid groups is 1. The summed E-state index contributed by atoms with van der Waals surface area (Å²) in [6.45, 7) is 3.29. The molecule has 0 radical (unpaired) electrons. The van der Waals surface area contributed by atoms with Crippen LogP contribution in [0.4, 0.5) is 0 Å². The van der Waals surface area contributed by atoms with Crippen molar-refractivity contribution in [2.75, 3.05) is 33.0 Å². The maximum atomic E-state index is 12.6. The normalized spacial score (nSPS) is 14.5. The molecule has 0 aromatic rings. The number of ether oxygens (including phenoxy) is 2. The van der Waals surface area contributed by atoms with Crippen molar-refractivity contribution in [3.63, 3.8) is 0 Å². The molecule has 10 heteroatoms. The van der Waals surface area contributed by atoms with Crippen molar-refractivity contribution in [3.8, 4) is 0 Å². The molecular formula is C47H85O9P. The molecule has 0 fully saturated rings. The van der Waals surface area contributed by atoms with Gasteiger partial charge in [0.15, 0.2) is 0 Å². The molecule has 0 aromatic heterocycles. The Morgan fingerprint density at radius 2 is 0.930 bits per heavy atom. The van der Waals surface area contributed by atoms with Crippen LogP contribution in [0.25, 0.3) is 0 Å². The number of hydrogen-bond donors (Lipinski definition) is 3. The highest BCUT2D eigenvalue weighted by atomic mass is 31.2. The Morgan fingerprint density at radius 3 is 1.35 bits per heavy atom. The number of phosphoric ester groups is 1. The summed E-state index contributed by atoms with van der Waals surface area (Å²) in [5.41, 5.74) is 0. The average Bonchev–Trinajstić information content (AvgIpc) is 3.20. The standard InChI is InChI=1S/C47H85O9P/c1-3-5-7-9-11-13-15-17-19-20-21-22-23-24-26-28-30-32-34-36-38-40-53-43-46(44-55-57(51,52)54-42-45(49)41-48)56-47(50)39-37-35-33-31-29-27-25-18-16-14-12-10-8-6-4-2/h6,8,12,14,18,25,29,31,35,37,45-46,48-49H,3-5,7,9-11,13,15-17,19-24,26-28,30,32-34,36,38-44H2,1-2H3,(H,51,52)/b8-6-,14-12-,25-18-,31-29-,37-35-. The van der Waals surface area contributed by atoms with Gasteiger partial charge in [0, 0.05) is 6.61 Å². The van der Waals surface area contributed by atoms with Gasteiger partial charge in [-0.2, -0.15) is 0 Å². The Hall–Kier alpha value is -1.84. The van der Waals surface area contributed by atoms with Crippen LogP contribution in [0, 0.1) is 0 Å². The van der Waals surface area contributed by atoms with Crippen LogP contribution in [0.2, 0.25) is 0 Å². The number of carbonyl (C=O) groups is 1. The largest absolute Gasteiger partial charge is 0.472 e. The highest BCUT2D eigenvalue weighted by Crippen LogP contribution is 2.43. The van der Waals surface area contributed by atoms with Gasteiger partial charge in [-0.3, -0.25) is 13.8 Å². The molecule has 0 spiro atoms. The second-order valence-corrected chi connectivity index (χ2v) is 16.5. The summed E-state index contributed by atoms with van der Waals surface area (Å²) in [7, 11) is -4.54. The Kier molecular flexibility index (Phi) is 42.3. The smallest absolute Gasteiger partial charge is 0.457 e. The highest BCUT2D eigenvalue weighted by molar-refractivity contribution is 7.47. The first-order valence-corrected chi connectivity index (χ1v) is 24.3. The predicted octanol–water partition coefficient (Wildman–Crippen LogP) is 12.8. The molecule has 3 unspecified atom stereocenters. The molecule has 0 saturated carbocycles. The summed E-state index contributed by atoms with van der Waals surface area (Å²) in [5.74, 6) is -0.507. The molecule has 3 N–H and O–H groups in total. The van der Waals surface area contributed by atoms with Crippen molar-refractivity contribution in [2.24, 2.45) is 0 Å². The molecule has 332 valence electrons. The number of unbranched alkanes of at least 4 members (excludes halogenated alkanes) is 20. The first-order valence-electron chi connectivity index (χ1n) is 22.8. The number of esters is 1. The fraction of sp³-hybridized carbons (Fsp3) is 0.766. The molecule has 0 aliphatic carbocycles. The Bertz CT molecular complexity index is 1070. The zero-order valence-corrected chi connectivity index (χ0v) is 37.2. The van der Waals surface area contributed by atoms with E-state index in [-0.39, 0.29) is 13.0 Å². The predicted molar refractivity (Wildman–Crippen MR) is 237 cm³/mol. The lowest BCUT2D eigenvalue weighted by Crippen LogP contribution is -2.28. The van der Waals surface area contributed by atoms with Gasteiger partial charge in [0.2, 0.25) is 0 Å². The van der Waals surface area contributed by atoms with Gasteiger partial charge in [0.25, 0.3) is 0 Å². The minimum atomic E-state index is -4.54. The van der Waals surface area contributed by atoms with Crippen LogP contribution in [0.3, 0.4) is 0 Å². The van der Waals surface area contributed by atoms with E-state index in [1.807, 2.05) is 12.2 Å². The second kappa shape index (κ2) is 43.7. The van der Waals surface area contributed by atoms with Gasteiger partial charge >= 0.3 is 13.8 Å². The summed E-state index contributed by atoms with van der Waals surface area (Å²) in [6.07, 6.45) is 50.8.